The van der Waals surface area contributed by atoms with E-state index >= 15 is 0 Å². The second-order valence-corrected chi connectivity index (χ2v) is 13.9. The molecule has 2 rings (SSSR count). The molecule has 0 aromatic heterocycles. The maximum absolute atomic E-state index is 13.2. The number of hydrogen-bond acceptors (Lipinski definition) is 3. The highest BCUT2D eigenvalue weighted by molar-refractivity contribution is 6.11. The zero-order valence-corrected chi connectivity index (χ0v) is 26.8. The number of Topliss-reactive ketones (excluding diaryl/α,β-unsaturated/α-hetero) is 1. The lowest BCUT2D eigenvalue weighted by Crippen LogP contribution is -2.49. The lowest BCUT2D eigenvalue weighted by atomic mass is 9.64. The van der Waals surface area contributed by atoms with E-state index in [1.165, 1.54) is 44.6 Å². The Bertz CT molecular complexity index is 997. The first-order chi connectivity index (χ1) is 18.8. The first-order valence-electron chi connectivity index (χ1n) is 15.9. The van der Waals surface area contributed by atoms with Crippen molar-refractivity contribution >= 4 is 17.5 Å². The maximum atomic E-state index is 13.2. The monoisotopic (exact) mass is 551 g/mol. The summed E-state index contributed by atoms with van der Waals surface area (Å²) in [5.74, 6) is 1.91. The van der Waals surface area contributed by atoms with Crippen LogP contribution in [0, 0.1) is 29.1 Å². The van der Waals surface area contributed by atoms with Gasteiger partial charge >= 0.3 is 0 Å². The molecule has 0 radical (unpaired) electrons. The van der Waals surface area contributed by atoms with Crippen LogP contribution in [0.25, 0.3) is 0 Å². The van der Waals surface area contributed by atoms with Crippen molar-refractivity contribution in [2.75, 3.05) is 0 Å². The Labute approximate surface area is 245 Å². The van der Waals surface area contributed by atoms with Crippen LogP contribution < -0.4 is 5.32 Å². The van der Waals surface area contributed by atoms with Crippen molar-refractivity contribution in [1.82, 2.24) is 5.32 Å². The summed E-state index contributed by atoms with van der Waals surface area (Å²) < 4.78 is 0. The molecule has 40 heavy (non-hydrogen) atoms. The van der Waals surface area contributed by atoms with Gasteiger partial charge in [0.05, 0.1) is 0 Å². The average Bonchev–Trinajstić information content (AvgIpc) is 2.90. The van der Waals surface area contributed by atoms with Gasteiger partial charge in [-0.25, -0.2) is 0 Å². The smallest absolute Gasteiger partial charge is 0.251 e. The van der Waals surface area contributed by atoms with Gasteiger partial charge < -0.3 is 5.32 Å². The Hall–Kier alpha value is -2.23. The molecular formula is C36H57NO3. The highest BCUT2D eigenvalue weighted by Crippen LogP contribution is 2.41. The molecule has 0 saturated carbocycles. The molecule has 0 spiro atoms. The van der Waals surface area contributed by atoms with Gasteiger partial charge in [-0.3, -0.25) is 14.4 Å². The molecule has 1 N–H and O–H groups in total. The summed E-state index contributed by atoms with van der Waals surface area (Å²) in [4.78, 5) is 39.0. The van der Waals surface area contributed by atoms with E-state index in [0.717, 1.165) is 31.1 Å². The van der Waals surface area contributed by atoms with Crippen molar-refractivity contribution in [2.45, 2.75) is 132 Å². The first-order valence-corrected chi connectivity index (χ1v) is 15.9. The van der Waals surface area contributed by atoms with E-state index in [4.69, 9.17) is 0 Å². The van der Waals surface area contributed by atoms with Crippen LogP contribution in [-0.2, 0) is 9.59 Å². The second-order valence-electron chi connectivity index (χ2n) is 13.9. The molecule has 224 valence electrons. The van der Waals surface area contributed by atoms with Crippen LogP contribution in [-0.4, -0.2) is 23.0 Å². The van der Waals surface area contributed by atoms with E-state index in [0.29, 0.717) is 29.9 Å². The van der Waals surface area contributed by atoms with Gasteiger partial charge in [-0.1, -0.05) is 111 Å². The summed E-state index contributed by atoms with van der Waals surface area (Å²) in [5, 5.41) is 3.32. The van der Waals surface area contributed by atoms with Gasteiger partial charge in [0.25, 0.3) is 5.91 Å². The van der Waals surface area contributed by atoms with Crippen LogP contribution in [0.2, 0.25) is 0 Å². The maximum Gasteiger partial charge on any atom is 0.251 e. The Balaban J connectivity index is 1.97. The standard InChI is InChI=1S/C36H57NO3/c1-26(2)15-12-16-27(3)17-13-18-28(4)19-14-22-35(7,37-34(40)31-20-10-9-11-21-31)23-24-36(8)30(6)33(39)29(5)25-32(36)38/h9-11,20-21,25-28,30H,12-19,22-24H2,1-8H3,(H,37,40). The number of carbonyl (C=O) groups is 3. The van der Waals surface area contributed by atoms with Gasteiger partial charge in [0.1, 0.15) is 0 Å². The number of amides is 1. The fourth-order valence-electron chi connectivity index (χ4n) is 6.16. The highest BCUT2D eigenvalue weighted by atomic mass is 16.2. The number of rotatable bonds is 17. The lowest BCUT2D eigenvalue weighted by Gasteiger charge is -2.40. The third-order valence-electron chi connectivity index (χ3n) is 9.59. The van der Waals surface area contributed by atoms with Crippen molar-refractivity contribution < 1.29 is 14.4 Å². The van der Waals surface area contributed by atoms with Crippen LogP contribution in [0.15, 0.2) is 42.0 Å². The largest absolute Gasteiger partial charge is 0.347 e. The molecule has 0 heterocycles. The third kappa shape index (κ3) is 10.3. The number of allylic oxidation sites excluding steroid dienone is 2. The van der Waals surface area contributed by atoms with Crippen LogP contribution in [0.3, 0.4) is 0 Å². The van der Waals surface area contributed by atoms with E-state index in [9.17, 15) is 14.4 Å². The fourth-order valence-corrected chi connectivity index (χ4v) is 6.16. The molecule has 4 nitrogen and oxygen atoms in total. The molecular weight excluding hydrogens is 494 g/mol. The number of hydrogen-bond donors (Lipinski definition) is 1. The van der Waals surface area contributed by atoms with Crippen LogP contribution >= 0.6 is 0 Å². The fraction of sp³-hybridized carbons (Fsp3) is 0.694. The van der Waals surface area contributed by atoms with Crippen LogP contribution in [0.4, 0.5) is 0 Å². The number of nitrogens with one attached hydrogen (secondary N) is 1. The van der Waals surface area contributed by atoms with Crippen LogP contribution in [0.5, 0.6) is 0 Å². The normalized spacial score (nSPS) is 22.5. The topological polar surface area (TPSA) is 63.2 Å². The number of carbonyl (C=O) groups excluding carboxylic acids is 3. The molecule has 0 fully saturated rings. The van der Waals surface area contributed by atoms with Gasteiger partial charge in [-0.15, -0.1) is 0 Å². The Morgan fingerprint density at radius 2 is 1.45 bits per heavy atom. The van der Waals surface area contributed by atoms with Crippen molar-refractivity contribution in [1.29, 1.82) is 0 Å². The summed E-state index contributed by atoms with van der Waals surface area (Å²) >= 11 is 0. The van der Waals surface area contributed by atoms with Crippen molar-refractivity contribution in [3.05, 3.63) is 47.5 Å². The Morgan fingerprint density at radius 1 is 0.900 bits per heavy atom. The quantitative estimate of drug-likeness (QED) is 0.210. The minimum Gasteiger partial charge on any atom is -0.347 e. The lowest BCUT2D eigenvalue weighted by molar-refractivity contribution is -0.135. The summed E-state index contributed by atoms with van der Waals surface area (Å²) in [6, 6.07) is 9.34. The van der Waals surface area contributed by atoms with E-state index in [1.807, 2.05) is 44.2 Å². The second kappa shape index (κ2) is 15.7. The van der Waals surface area contributed by atoms with E-state index < -0.39 is 11.0 Å². The Morgan fingerprint density at radius 3 is 2.02 bits per heavy atom. The van der Waals surface area contributed by atoms with Gasteiger partial charge in [-0.2, -0.15) is 0 Å². The van der Waals surface area contributed by atoms with Crippen molar-refractivity contribution in [3.8, 4) is 0 Å². The predicted molar refractivity (Wildman–Crippen MR) is 167 cm³/mol. The van der Waals surface area contributed by atoms with E-state index in [1.54, 1.807) is 6.92 Å². The molecule has 5 unspecified atom stereocenters. The molecule has 0 bridgehead atoms. The predicted octanol–water partition coefficient (Wildman–Crippen LogP) is 9.13. The van der Waals surface area contributed by atoms with E-state index in [2.05, 4.69) is 39.9 Å². The molecule has 1 amide bonds. The molecule has 0 saturated heterocycles. The minimum atomic E-state index is -0.742. The van der Waals surface area contributed by atoms with Gasteiger partial charge in [-0.05, 0) is 74.6 Å². The zero-order chi connectivity index (χ0) is 29.9. The molecule has 4 heteroatoms. The van der Waals surface area contributed by atoms with Gasteiger partial charge in [0.2, 0.25) is 0 Å². The zero-order valence-electron chi connectivity index (χ0n) is 26.8. The molecule has 1 aliphatic carbocycles. The van der Waals surface area contributed by atoms with Crippen molar-refractivity contribution in [3.63, 3.8) is 0 Å². The van der Waals surface area contributed by atoms with Gasteiger partial charge in [0, 0.05) is 22.4 Å². The van der Waals surface area contributed by atoms with E-state index in [-0.39, 0.29) is 23.4 Å². The summed E-state index contributed by atoms with van der Waals surface area (Å²) in [6.07, 6.45) is 13.6. The summed E-state index contributed by atoms with van der Waals surface area (Å²) in [6.45, 7) is 17.0. The summed E-state index contributed by atoms with van der Waals surface area (Å²) in [5.41, 5.74) is -0.00497. The van der Waals surface area contributed by atoms with Crippen LogP contribution in [0.1, 0.15) is 136 Å². The first kappa shape index (κ1) is 34.0. The highest BCUT2D eigenvalue weighted by Gasteiger charge is 2.45. The summed E-state index contributed by atoms with van der Waals surface area (Å²) in [7, 11) is 0. The van der Waals surface area contributed by atoms with Gasteiger partial charge in [0.15, 0.2) is 11.6 Å². The minimum absolute atomic E-state index is 0.0286. The SMILES string of the molecule is CC1=CC(=O)C(C)(CCC(C)(CCCC(C)CCCC(C)CCCC(C)C)NC(=O)c2ccccc2)C(C)C1=O. The number of ketones is 2. The van der Waals surface area contributed by atoms with Crippen molar-refractivity contribution in [2.24, 2.45) is 29.1 Å². The molecule has 1 aromatic carbocycles. The Kier molecular flexibility index (Phi) is 13.3. The number of benzene rings is 1. The third-order valence-corrected chi connectivity index (χ3v) is 9.59. The molecule has 0 aliphatic heterocycles. The average molecular weight is 552 g/mol. The molecule has 1 aliphatic rings. The molecule has 1 aromatic rings. The molecule has 5 atom stereocenters.